The molecule has 0 rings (SSSR count). The van der Waals surface area contributed by atoms with E-state index in [0.717, 1.165) is 0 Å². The zero-order chi connectivity index (χ0) is 14.3. The van der Waals surface area contributed by atoms with Crippen LogP contribution in [0, 0.1) is 0 Å². The van der Waals surface area contributed by atoms with Crippen molar-refractivity contribution in [1.29, 1.82) is 0 Å². The van der Waals surface area contributed by atoms with Crippen molar-refractivity contribution in [1.82, 2.24) is 5.32 Å². The van der Waals surface area contributed by atoms with E-state index in [9.17, 15) is 13.8 Å². The second kappa shape index (κ2) is 7.48. The number of carboxylic acid groups (broad SMARTS) is 1. The number of hydrogen-bond acceptors (Lipinski definition) is 4. The number of carbonyl (C=O) groups excluding carboxylic acids is 1. The van der Waals surface area contributed by atoms with E-state index >= 15 is 0 Å². The van der Waals surface area contributed by atoms with Gasteiger partial charge in [0.2, 0.25) is 5.91 Å². The van der Waals surface area contributed by atoms with Gasteiger partial charge < -0.3 is 15.2 Å². The third-order valence-corrected chi connectivity index (χ3v) is 3.20. The third-order valence-electron chi connectivity index (χ3n) is 1.87. The Bertz CT molecular complexity index is 324. The molecular formula is C11H21NO5S. The van der Waals surface area contributed by atoms with Crippen LogP contribution in [0.3, 0.4) is 0 Å². The summed E-state index contributed by atoms with van der Waals surface area (Å²) in [6.45, 7) is 7.16. The van der Waals surface area contributed by atoms with E-state index in [1.165, 1.54) is 6.92 Å². The smallest absolute Gasteiger partial charge is 0.327 e. The predicted molar refractivity (Wildman–Crippen MR) is 68.8 cm³/mol. The molecule has 2 N–H and O–H groups in total. The second-order valence-corrected chi connectivity index (χ2v) is 6.48. The minimum absolute atomic E-state index is 0.109. The summed E-state index contributed by atoms with van der Waals surface area (Å²) in [6, 6.07) is -1.11. The molecule has 0 aromatic heterocycles. The first-order chi connectivity index (χ1) is 8.11. The quantitative estimate of drug-likeness (QED) is 0.691. The molecule has 0 aliphatic rings. The molecule has 0 saturated carbocycles. The van der Waals surface area contributed by atoms with Gasteiger partial charge in [-0.25, -0.2) is 4.79 Å². The summed E-state index contributed by atoms with van der Waals surface area (Å²) in [5.74, 6) is -1.50. The van der Waals surface area contributed by atoms with Crippen LogP contribution in [0.1, 0.15) is 27.7 Å². The predicted octanol–water partition coefficient (Wildman–Crippen LogP) is 0.140. The lowest BCUT2D eigenvalue weighted by Gasteiger charge is -2.19. The average Bonchev–Trinajstić information content (AvgIpc) is 2.13. The molecule has 0 radical (unpaired) electrons. The van der Waals surface area contributed by atoms with Gasteiger partial charge in [0.05, 0.1) is 18.0 Å². The number of hydrogen-bond donors (Lipinski definition) is 2. The van der Waals surface area contributed by atoms with Crippen molar-refractivity contribution in [3.05, 3.63) is 0 Å². The van der Waals surface area contributed by atoms with Gasteiger partial charge in [0, 0.05) is 23.5 Å². The molecule has 0 aromatic rings. The third kappa shape index (κ3) is 9.12. The van der Waals surface area contributed by atoms with Gasteiger partial charge in [0.1, 0.15) is 6.04 Å². The minimum Gasteiger partial charge on any atom is -0.480 e. The number of rotatable bonds is 7. The van der Waals surface area contributed by atoms with Crippen molar-refractivity contribution < 1.29 is 23.6 Å². The maximum atomic E-state index is 11.6. The van der Waals surface area contributed by atoms with Crippen molar-refractivity contribution in [3.63, 3.8) is 0 Å². The first kappa shape index (κ1) is 17.1. The Hall–Kier alpha value is -0.950. The lowest BCUT2D eigenvalue weighted by molar-refractivity contribution is -0.140. The number of ether oxygens (including phenoxy) is 1. The van der Waals surface area contributed by atoms with Crippen LogP contribution in [0.15, 0.2) is 0 Å². The molecule has 1 unspecified atom stereocenters. The Morgan fingerprint density at radius 3 is 2.33 bits per heavy atom. The van der Waals surface area contributed by atoms with E-state index in [2.05, 4.69) is 5.32 Å². The molecule has 0 bridgehead atoms. The summed E-state index contributed by atoms with van der Waals surface area (Å²) >= 11 is 0. The first-order valence-electron chi connectivity index (χ1n) is 5.60. The van der Waals surface area contributed by atoms with Crippen molar-refractivity contribution >= 4 is 22.7 Å². The van der Waals surface area contributed by atoms with E-state index < -0.39 is 28.7 Å². The van der Waals surface area contributed by atoms with Crippen molar-refractivity contribution in [2.75, 3.05) is 18.1 Å². The van der Waals surface area contributed by atoms with Gasteiger partial charge >= 0.3 is 5.97 Å². The maximum Gasteiger partial charge on any atom is 0.327 e. The summed E-state index contributed by atoms with van der Waals surface area (Å²) in [7, 11) is -1.34. The zero-order valence-electron chi connectivity index (χ0n) is 11.2. The molecule has 18 heavy (non-hydrogen) atoms. The molecule has 0 heterocycles. The Labute approximate surface area is 110 Å². The topological polar surface area (TPSA) is 92.7 Å². The highest BCUT2D eigenvalue weighted by Crippen LogP contribution is 2.06. The highest BCUT2D eigenvalue weighted by molar-refractivity contribution is 7.85. The Kier molecular flexibility index (Phi) is 7.08. The van der Waals surface area contributed by atoms with E-state index in [-0.39, 0.29) is 17.1 Å². The van der Waals surface area contributed by atoms with Crippen LogP contribution in [-0.2, 0) is 25.1 Å². The van der Waals surface area contributed by atoms with Gasteiger partial charge in [-0.1, -0.05) is 0 Å². The van der Waals surface area contributed by atoms with Gasteiger partial charge in [-0.05, 0) is 20.8 Å². The van der Waals surface area contributed by atoms with Gasteiger partial charge in [-0.15, -0.1) is 0 Å². The summed E-state index contributed by atoms with van der Waals surface area (Å²) in [5.41, 5.74) is -0.311. The van der Waals surface area contributed by atoms with Crippen LogP contribution in [0.5, 0.6) is 0 Å². The normalized spacial score (nSPS) is 14.9. The highest BCUT2D eigenvalue weighted by atomic mass is 32.2. The van der Waals surface area contributed by atoms with Gasteiger partial charge in [-0.3, -0.25) is 9.00 Å². The van der Waals surface area contributed by atoms with Crippen molar-refractivity contribution in [2.24, 2.45) is 0 Å². The van der Waals surface area contributed by atoms with Gasteiger partial charge in [0.25, 0.3) is 0 Å². The Morgan fingerprint density at radius 1 is 1.39 bits per heavy atom. The Balaban J connectivity index is 4.11. The lowest BCUT2D eigenvalue weighted by atomic mass is 10.2. The van der Waals surface area contributed by atoms with E-state index in [0.29, 0.717) is 6.61 Å². The molecule has 0 saturated heterocycles. The molecule has 1 amide bonds. The summed E-state index contributed by atoms with van der Waals surface area (Å²) < 4.78 is 17.0. The molecule has 0 aromatic carbocycles. The van der Waals surface area contributed by atoms with Crippen LogP contribution in [0.4, 0.5) is 0 Å². The Morgan fingerprint density at radius 2 is 1.94 bits per heavy atom. The van der Waals surface area contributed by atoms with Gasteiger partial charge in [0.15, 0.2) is 0 Å². The van der Waals surface area contributed by atoms with E-state index in [1.807, 2.05) is 20.8 Å². The summed E-state index contributed by atoms with van der Waals surface area (Å²) in [6.07, 6.45) is 0. The molecule has 106 valence electrons. The monoisotopic (exact) mass is 279 g/mol. The molecule has 0 aliphatic heterocycles. The zero-order valence-corrected chi connectivity index (χ0v) is 12.0. The molecular weight excluding hydrogens is 258 g/mol. The molecule has 2 atom stereocenters. The SMILES string of the molecule is CC(=O)N[C@@H](CS(=O)CCOC(C)(C)C)C(=O)O. The van der Waals surface area contributed by atoms with Crippen LogP contribution in [0.2, 0.25) is 0 Å². The summed E-state index contributed by atoms with van der Waals surface area (Å²) in [4.78, 5) is 21.6. The fourth-order valence-electron chi connectivity index (χ4n) is 1.13. The molecule has 0 aliphatic carbocycles. The average molecular weight is 279 g/mol. The number of amides is 1. The summed E-state index contributed by atoms with van der Waals surface area (Å²) in [5, 5.41) is 11.1. The number of carboxylic acids is 1. The van der Waals surface area contributed by atoms with Crippen molar-refractivity contribution in [2.45, 2.75) is 39.3 Å². The molecule has 0 spiro atoms. The van der Waals surface area contributed by atoms with Gasteiger partial charge in [-0.2, -0.15) is 0 Å². The standard InChI is InChI=1S/C11H21NO5S/c1-8(13)12-9(10(14)15)7-18(16)6-5-17-11(2,3)4/h9H,5-7H2,1-4H3,(H,12,13)(H,14,15)/t9-,18?/m0/s1. The van der Waals surface area contributed by atoms with Crippen LogP contribution in [-0.4, -0.2) is 50.9 Å². The number of carbonyl (C=O) groups is 2. The van der Waals surface area contributed by atoms with Crippen molar-refractivity contribution in [3.8, 4) is 0 Å². The maximum absolute atomic E-state index is 11.6. The fraction of sp³-hybridized carbons (Fsp3) is 0.818. The van der Waals surface area contributed by atoms with E-state index in [4.69, 9.17) is 9.84 Å². The van der Waals surface area contributed by atoms with E-state index in [1.54, 1.807) is 0 Å². The number of aliphatic carboxylic acids is 1. The lowest BCUT2D eigenvalue weighted by Crippen LogP contribution is -2.43. The largest absolute Gasteiger partial charge is 0.480 e. The highest BCUT2D eigenvalue weighted by Gasteiger charge is 2.21. The minimum atomic E-state index is -1.34. The molecule has 7 heteroatoms. The molecule has 0 fully saturated rings. The van der Waals surface area contributed by atoms with Crippen LogP contribution < -0.4 is 5.32 Å². The second-order valence-electron chi connectivity index (χ2n) is 4.86. The first-order valence-corrected chi connectivity index (χ1v) is 7.09. The number of nitrogens with one attached hydrogen (secondary N) is 1. The molecule has 6 nitrogen and oxygen atoms in total. The fourth-order valence-corrected chi connectivity index (χ4v) is 2.16. The van der Waals surface area contributed by atoms with Crippen LogP contribution in [0.25, 0.3) is 0 Å². The van der Waals surface area contributed by atoms with Crippen LogP contribution >= 0.6 is 0 Å².